The predicted octanol–water partition coefficient (Wildman–Crippen LogP) is 2.16. The first-order chi connectivity index (χ1) is 11.9. The molecule has 1 heterocycles. The summed E-state index contributed by atoms with van der Waals surface area (Å²) in [6.07, 6.45) is 1.33. The lowest BCUT2D eigenvalue weighted by Gasteiger charge is -2.23. The molecule has 0 unspecified atom stereocenters. The fourth-order valence-electron chi connectivity index (χ4n) is 2.32. The first-order valence-corrected chi connectivity index (χ1v) is 8.68. The van der Waals surface area contributed by atoms with E-state index in [4.69, 9.17) is 0 Å². The van der Waals surface area contributed by atoms with Crippen molar-refractivity contribution in [2.45, 2.75) is 11.8 Å². The summed E-state index contributed by atoms with van der Waals surface area (Å²) in [5.74, 6) is -2.16. The van der Waals surface area contributed by atoms with Gasteiger partial charge in [0.05, 0.1) is 16.3 Å². The van der Waals surface area contributed by atoms with Gasteiger partial charge in [0.1, 0.15) is 6.33 Å². The Hall–Kier alpha value is -2.88. The molecule has 0 radical (unpaired) electrons. The lowest BCUT2D eigenvalue weighted by molar-refractivity contribution is 0.508. The molecule has 1 aromatic heterocycles. The van der Waals surface area contributed by atoms with Crippen molar-refractivity contribution in [1.29, 1.82) is 0 Å². The molecule has 0 atom stereocenters. The Morgan fingerprint density at radius 2 is 1.92 bits per heavy atom. The van der Waals surface area contributed by atoms with Crippen molar-refractivity contribution >= 4 is 15.7 Å². The number of sulfonamides is 1. The molecule has 0 spiro atoms. The van der Waals surface area contributed by atoms with Gasteiger partial charge in [-0.15, -0.1) is 5.10 Å². The predicted molar refractivity (Wildman–Crippen MR) is 85.7 cm³/mol. The standard InChI is InChI=1S/C15H13F2N5O2S/c1-2-22(12-6-7-14(16)15(17)9-12)25(23,24)13-5-3-4-11(8-13)21-10-18-19-20-21/h3-10H,2H2,1H3. The second-order valence-electron chi connectivity index (χ2n) is 5.02. The summed E-state index contributed by atoms with van der Waals surface area (Å²) in [4.78, 5) is -0.0212. The minimum atomic E-state index is -3.99. The number of rotatable bonds is 5. The normalized spacial score (nSPS) is 11.5. The van der Waals surface area contributed by atoms with E-state index in [2.05, 4.69) is 15.5 Å². The lowest BCUT2D eigenvalue weighted by atomic mass is 10.3. The molecule has 0 fully saturated rings. The van der Waals surface area contributed by atoms with Gasteiger partial charge in [-0.05, 0) is 47.7 Å². The van der Waals surface area contributed by atoms with E-state index in [1.165, 1.54) is 29.2 Å². The Bertz CT molecular complexity index is 993. The smallest absolute Gasteiger partial charge is 0.264 e. The van der Waals surface area contributed by atoms with Gasteiger partial charge in [0.2, 0.25) is 0 Å². The third kappa shape index (κ3) is 3.20. The zero-order chi connectivity index (χ0) is 18.0. The number of aromatic nitrogens is 4. The summed E-state index contributed by atoms with van der Waals surface area (Å²) >= 11 is 0. The summed E-state index contributed by atoms with van der Waals surface area (Å²) in [6, 6.07) is 8.94. The van der Waals surface area contributed by atoms with Gasteiger partial charge in [-0.3, -0.25) is 4.31 Å². The van der Waals surface area contributed by atoms with Crippen molar-refractivity contribution in [2.24, 2.45) is 0 Å². The van der Waals surface area contributed by atoms with Gasteiger partial charge in [0, 0.05) is 12.6 Å². The highest BCUT2D eigenvalue weighted by Crippen LogP contribution is 2.26. The van der Waals surface area contributed by atoms with Crippen LogP contribution >= 0.6 is 0 Å². The number of tetrazole rings is 1. The van der Waals surface area contributed by atoms with Crippen LogP contribution in [0.5, 0.6) is 0 Å². The van der Waals surface area contributed by atoms with Crippen LogP contribution in [0.2, 0.25) is 0 Å². The maximum absolute atomic E-state index is 13.5. The summed E-state index contributed by atoms with van der Waals surface area (Å²) < 4.78 is 54.8. The average molecular weight is 365 g/mol. The minimum Gasteiger partial charge on any atom is -0.267 e. The molecule has 10 heteroatoms. The molecule has 7 nitrogen and oxygen atoms in total. The molecule has 3 rings (SSSR count). The van der Waals surface area contributed by atoms with Gasteiger partial charge < -0.3 is 0 Å². The molecule has 0 N–H and O–H groups in total. The minimum absolute atomic E-state index is 0.0212. The van der Waals surface area contributed by atoms with Crippen LogP contribution in [0, 0.1) is 11.6 Å². The second-order valence-corrected chi connectivity index (χ2v) is 6.88. The van der Waals surface area contributed by atoms with Crippen LogP contribution in [0.4, 0.5) is 14.5 Å². The van der Waals surface area contributed by atoms with Gasteiger partial charge in [-0.1, -0.05) is 6.07 Å². The molecule has 0 aliphatic heterocycles. The highest BCUT2D eigenvalue weighted by atomic mass is 32.2. The number of benzene rings is 2. The third-order valence-electron chi connectivity index (χ3n) is 3.50. The Balaban J connectivity index is 2.05. The maximum atomic E-state index is 13.5. The van der Waals surface area contributed by atoms with Crippen LogP contribution in [-0.4, -0.2) is 35.2 Å². The molecule has 0 saturated heterocycles. The van der Waals surface area contributed by atoms with E-state index in [0.29, 0.717) is 5.69 Å². The number of hydrogen-bond donors (Lipinski definition) is 0. The van der Waals surface area contributed by atoms with Crippen LogP contribution in [0.3, 0.4) is 0 Å². The Kier molecular flexibility index (Phi) is 4.45. The summed E-state index contributed by atoms with van der Waals surface area (Å²) in [6.45, 7) is 1.65. The van der Waals surface area contributed by atoms with Gasteiger partial charge in [-0.2, -0.15) is 0 Å². The SMILES string of the molecule is CCN(c1ccc(F)c(F)c1)S(=O)(=O)c1cccc(-n2cnnn2)c1. The average Bonchev–Trinajstić information content (AvgIpc) is 3.13. The highest BCUT2D eigenvalue weighted by molar-refractivity contribution is 7.92. The van der Waals surface area contributed by atoms with E-state index in [1.807, 2.05) is 0 Å². The number of anilines is 1. The topological polar surface area (TPSA) is 81.0 Å². The van der Waals surface area contributed by atoms with Crippen LogP contribution in [0.25, 0.3) is 5.69 Å². The van der Waals surface area contributed by atoms with Crippen molar-refractivity contribution in [3.05, 3.63) is 60.4 Å². The molecule has 0 aliphatic rings. The molecule has 25 heavy (non-hydrogen) atoms. The maximum Gasteiger partial charge on any atom is 0.264 e. The number of hydrogen-bond acceptors (Lipinski definition) is 5. The second kappa shape index (κ2) is 6.55. The Morgan fingerprint density at radius 1 is 1.12 bits per heavy atom. The van der Waals surface area contributed by atoms with Crippen molar-refractivity contribution in [3.8, 4) is 5.69 Å². The lowest BCUT2D eigenvalue weighted by Crippen LogP contribution is -2.31. The number of nitrogens with zero attached hydrogens (tertiary/aromatic N) is 5. The van der Waals surface area contributed by atoms with E-state index < -0.39 is 21.7 Å². The molecule has 0 saturated carbocycles. The van der Waals surface area contributed by atoms with Crippen LogP contribution < -0.4 is 4.31 Å². The van der Waals surface area contributed by atoms with E-state index >= 15 is 0 Å². The fourth-order valence-corrected chi connectivity index (χ4v) is 3.83. The van der Waals surface area contributed by atoms with Gasteiger partial charge in [0.25, 0.3) is 10.0 Å². The van der Waals surface area contributed by atoms with Crippen LogP contribution in [0.15, 0.2) is 53.7 Å². The summed E-state index contributed by atoms with van der Waals surface area (Å²) in [7, 11) is -3.99. The van der Waals surface area contributed by atoms with E-state index in [-0.39, 0.29) is 17.1 Å². The molecule has 3 aromatic rings. The molecule has 0 amide bonds. The third-order valence-corrected chi connectivity index (χ3v) is 5.40. The first kappa shape index (κ1) is 17.0. The fraction of sp³-hybridized carbons (Fsp3) is 0.133. The van der Waals surface area contributed by atoms with Crippen molar-refractivity contribution < 1.29 is 17.2 Å². The van der Waals surface area contributed by atoms with Crippen LogP contribution in [-0.2, 0) is 10.0 Å². The van der Waals surface area contributed by atoms with E-state index in [1.54, 1.807) is 19.1 Å². The summed E-state index contributed by atoms with van der Waals surface area (Å²) in [5.41, 5.74) is 0.488. The summed E-state index contributed by atoms with van der Waals surface area (Å²) in [5, 5.41) is 10.7. The molecule has 0 bridgehead atoms. The first-order valence-electron chi connectivity index (χ1n) is 7.24. The van der Waals surface area contributed by atoms with E-state index in [0.717, 1.165) is 16.4 Å². The molecular weight excluding hydrogens is 352 g/mol. The highest BCUT2D eigenvalue weighted by Gasteiger charge is 2.25. The van der Waals surface area contributed by atoms with Gasteiger partial charge >= 0.3 is 0 Å². The monoisotopic (exact) mass is 365 g/mol. The number of halogens is 2. The zero-order valence-electron chi connectivity index (χ0n) is 13.0. The molecule has 2 aromatic carbocycles. The largest absolute Gasteiger partial charge is 0.267 e. The van der Waals surface area contributed by atoms with E-state index in [9.17, 15) is 17.2 Å². The van der Waals surface area contributed by atoms with Crippen molar-refractivity contribution in [3.63, 3.8) is 0 Å². The molecule has 0 aliphatic carbocycles. The Labute approximate surface area is 142 Å². The van der Waals surface area contributed by atoms with Gasteiger partial charge in [-0.25, -0.2) is 21.9 Å². The van der Waals surface area contributed by atoms with Crippen LogP contribution in [0.1, 0.15) is 6.92 Å². The molecule has 130 valence electrons. The van der Waals surface area contributed by atoms with Crippen molar-refractivity contribution in [1.82, 2.24) is 20.2 Å². The zero-order valence-corrected chi connectivity index (χ0v) is 13.9. The van der Waals surface area contributed by atoms with Gasteiger partial charge in [0.15, 0.2) is 11.6 Å². The Morgan fingerprint density at radius 3 is 2.56 bits per heavy atom. The quantitative estimate of drug-likeness (QED) is 0.692. The van der Waals surface area contributed by atoms with Crippen molar-refractivity contribution in [2.75, 3.05) is 10.8 Å². The molecular formula is C15H13F2N5O2S.